The molecule has 1 aromatic carbocycles. The molecule has 2 rings (SSSR count). The Morgan fingerprint density at radius 2 is 2.28 bits per heavy atom. The predicted octanol–water partition coefficient (Wildman–Crippen LogP) is 1.65. The van der Waals surface area contributed by atoms with Gasteiger partial charge >= 0.3 is 5.97 Å². The number of ether oxygens (including phenoxy) is 1. The zero-order valence-electron chi connectivity index (χ0n) is 9.72. The molecule has 1 aliphatic heterocycles. The SMILES string of the molecule is COC(=O)c1ccc(N2CC(S)CC2=O)cc1F. The highest BCUT2D eigenvalue weighted by Gasteiger charge is 2.29. The zero-order chi connectivity index (χ0) is 13.3. The summed E-state index contributed by atoms with van der Waals surface area (Å²) >= 11 is 4.22. The van der Waals surface area contributed by atoms with Crippen LogP contribution < -0.4 is 4.90 Å². The lowest BCUT2D eigenvalue weighted by Gasteiger charge is -2.16. The lowest BCUT2D eigenvalue weighted by atomic mass is 10.2. The van der Waals surface area contributed by atoms with Crippen LogP contribution in [0.5, 0.6) is 0 Å². The largest absolute Gasteiger partial charge is 0.465 e. The Bertz CT molecular complexity index is 506. The van der Waals surface area contributed by atoms with Crippen LogP contribution in [-0.4, -0.2) is 30.8 Å². The second kappa shape index (κ2) is 4.97. The second-order valence-electron chi connectivity index (χ2n) is 4.02. The van der Waals surface area contributed by atoms with Crippen LogP contribution in [0.15, 0.2) is 18.2 Å². The molecule has 0 aliphatic carbocycles. The number of nitrogens with zero attached hydrogens (tertiary/aromatic N) is 1. The molecule has 1 aliphatic rings. The molecule has 18 heavy (non-hydrogen) atoms. The van der Waals surface area contributed by atoms with Crippen molar-refractivity contribution < 1.29 is 18.7 Å². The Hall–Kier alpha value is -1.56. The number of hydrogen-bond donors (Lipinski definition) is 1. The number of hydrogen-bond acceptors (Lipinski definition) is 4. The van der Waals surface area contributed by atoms with E-state index >= 15 is 0 Å². The van der Waals surface area contributed by atoms with Crippen molar-refractivity contribution in [2.24, 2.45) is 0 Å². The third kappa shape index (κ3) is 2.33. The third-order valence-corrected chi connectivity index (χ3v) is 3.12. The van der Waals surface area contributed by atoms with Crippen molar-refractivity contribution in [2.45, 2.75) is 11.7 Å². The fraction of sp³-hybridized carbons (Fsp3) is 0.333. The van der Waals surface area contributed by atoms with Gasteiger partial charge in [0, 0.05) is 23.9 Å². The standard InChI is InChI=1S/C12H12FNO3S/c1-17-12(16)9-3-2-7(4-10(9)13)14-6-8(18)5-11(14)15/h2-4,8,18H,5-6H2,1H3. The number of carbonyl (C=O) groups excluding carboxylic acids is 2. The number of thiol groups is 1. The fourth-order valence-corrected chi connectivity index (χ4v) is 2.21. The van der Waals surface area contributed by atoms with Gasteiger partial charge in [-0.2, -0.15) is 12.6 Å². The van der Waals surface area contributed by atoms with Crippen LogP contribution in [0.25, 0.3) is 0 Å². The fourth-order valence-electron chi connectivity index (χ4n) is 1.89. The van der Waals surface area contributed by atoms with Gasteiger partial charge in [0.05, 0.1) is 12.7 Å². The zero-order valence-corrected chi connectivity index (χ0v) is 10.6. The summed E-state index contributed by atoms with van der Waals surface area (Å²) in [6.45, 7) is 0.443. The topological polar surface area (TPSA) is 46.6 Å². The molecule has 1 amide bonds. The first-order valence-electron chi connectivity index (χ1n) is 5.39. The Morgan fingerprint density at radius 1 is 1.56 bits per heavy atom. The second-order valence-corrected chi connectivity index (χ2v) is 4.75. The van der Waals surface area contributed by atoms with Crippen LogP contribution in [0.2, 0.25) is 0 Å². The minimum Gasteiger partial charge on any atom is -0.465 e. The van der Waals surface area contributed by atoms with E-state index in [1.54, 1.807) is 0 Å². The first kappa shape index (κ1) is 12.9. The van der Waals surface area contributed by atoms with Gasteiger partial charge in [-0.25, -0.2) is 9.18 Å². The molecule has 0 N–H and O–H groups in total. The Morgan fingerprint density at radius 3 is 2.78 bits per heavy atom. The maximum Gasteiger partial charge on any atom is 0.340 e. The molecule has 4 nitrogen and oxygen atoms in total. The predicted molar refractivity (Wildman–Crippen MR) is 67.5 cm³/mol. The highest BCUT2D eigenvalue weighted by Crippen LogP contribution is 2.25. The number of carbonyl (C=O) groups is 2. The average Bonchev–Trinajstić information content (AvgIpc) is 2.67. The van der Waals surface area contributed by atoms with E-state index in [9.17, 15) is 14.0 Å². The van der Waals surface area contributed by atoms with Crippen LogP contribution in [-0.2, 0) is 9.53 Å². The minimum absolute atomic E-state index is 0.0409. The number of anilines is 1. The van der Waals surface area contributed by atoms with Crippen molar-refractivity contribution >= 4 is 30.2 Å². The van der Waals surface area contributed by atoms with Gasteiger partial charge in [-0.1, -0.05) is 0 Å². The summed E-state index contributed by atoms with van der Waals surface area (Å²) in [5.74, 6) is -1.53. The first-order chi connectivity index (χ1) is 8.52. The van der Waals surface area contributed by atoms with E-state index in [-0.39, 0.29) is 16.7 Å². The summed E-state index contributed by atoms with van der Waals surface area (Å²) in [7, 11) is 1.19. The maximum absolute atomic E-state index is 13.7. The number of halogens is 1. The van der Waals surface area contributed by atoms with Crippen LogP contribution in [0.1, 0.15) is 16.8 Å². The van der Waals surface area contributed by atoms with Gasteiger partial charge in [0.2, 0.25) is 5.91 Å². The van der Waals surface area contributed by atoms with Crippen LogP contribution in [0, 0.1) is 5.82 Å². The van der Waals surface area contributed by atoms with Crippen molar-refractivity contribution in [2.75, 3.05) is 18.6 Å². The highest BCUT2D eigenvalue weighted by molar-refractivity contribution is 7.81. The monoisotopic (exact) mass is 269 g/mol. The molecule has 0 aromatic heterocycles. The van der Waals surface area contributed by atoms with E-state index in [4.69, 9.17) is 0 Å². The van der Waals surface area contributed by atoms with E-state index in [2.05, 4.69) is 17.4 Å². The lowest BCUT2D eigenvalue weighted by Crippen LogP contribution is -2.24. The van der Waals surface area contributed by atoms with Crippen molar-refractivity contribution in [1.29, 1.82) is 0 Å². The number of esters is 1. The van der Waals surface area contributed by atoms with E-state index in [0.717, 1.165) is 6.07 Å². The van der Waals surface area contributed by atoms with Gasteiger partial charge in [-0.15, -0.1) is 0 Å². The molecule has 1 heterocycles. The summed E-state index contributed by atoms with van der Waals surface area (Å²) in [5, 5.41) is -0.0409. The summed E-state index contributed by atoms with van der Waals surface area (Å²) in [6.07, 6.45) is 0.337. The lowest BCUT2D eigenvalue weighted by molar-refractivity contribution is -0.117. The van der Waals surface area contributed by atoms with Gasteiger partial charge in [-0.05, 0) is 18.2 Å². The van der Waals surface area contributed by atoms with Crippen LogP contribution in [0.4, 0.5) is 10.1 Å². The van der Waals surface area contributed by atoms with Gasteiger partial charge in [0.1, 0.15) is 5.82 Å². The number of benzene rings is 1. The third-order valence-electron chi connectivity index (χ3n) is 2.77. The maximum atomic E-state index is 13.7. The van der Waals surface area contributed by atoms with Gasteiger partial charge in [0.15, 0.2) is 0 Å². The molecule has 96 valence electrons. The van der Waals surface area contributed by atoms with E-state index in [1.807, 2.05) is 0 Å². The molecule has 1 unspecified atom stereocenters. The van der Waals surface area contributed by atoms with Crippen LogP contribution >= 0.6 is 12.6 Å². The highest BCUT2D eigenvalue weighted by atomic mass is 32.1. The molecule has 0 spiro atoms. The summed E-state index contributed by atoms with van der Waals surface area (Å²) < 4.78 is 18.2. The van der Waals surface area contributed by atoms with E-state index < -0.39 is 11.8 Å². The number of rotatable bonds is 2. The molecular formula is C12H12FNO3S. The normalized spacial score (nSPS) is 19.2. The average molecular weight is 269 g/mol. The van der Waals surface area contributed by atoms with Crippen molar-refractivity contribution in [3.05, 3.63) is 29.6 Å². The van der Waals surface area contributed by atoms with Crippen molar-refractivity contribution in [1.82, 2.24) is 0 Å². The van der Waals surface area contributed by atoms with Gasteiger partial charge in [-0.3, -0.25) is 4.79 Å². The van der Waals surface area contributed by atoms with Crippen molar-refractivity contribution in [3.63, 3.8) is 0 Å². The molecule has 1 fully saturated rings. The molecule has 0 saturated carbocycles. The van der Waals surface area contributed by atoms with Crippen molar-refractivity contribution in [3.8, 4) is 0 Å². The first-order valence-corrected chi connectivity index (χ1v) is 5.91. The van der Waals surface area contributed by atoms with Gasteiger partial charge < -0.3 is 9.64 Å². The van der Waals surface area contributed by atoms with E-state index in [1.165, 1.54) is 24.1 Å². The molecule has 0 bridgehead atoms. The number of methoxy groups -OCH3 is 1. The Balaban J connectivity index is 2.29. The smallest absolute Gasteiger partial charge is 0.340 e. The molecule has 1 aromatic rings. The van der Waals surface area contributed by atoms with E-state index in [0.29, 0.717) is 18.7 Å². The quantitative estimate of drug-likeness (QED) is 0.656. The summed E-state index contributed by atoms with van der Waals surface area (Å²) in [6, 6.07) is 4.00. The van der Waals surface area contributed by atoms with Gasteiger partial charge in [0.25, 0.3) is 0 Å². The Kier molecular flexibility index (Phi) is 3.56. The molecule has 1 atom stereocenters. The van der Waals surface area contributed by atoms with Crippen LogP contribution in [0.3, 0.4) is 0 Å². The molecule has 1 saturated heterocycles. The summed E-state index contributed by atoms with van der Waals surface area (Å²) in [5.41, 5.74) is 0.289. The molecule has 0 radical (unpaired) electrons. The summed E-state index contributed by atoms with van der Waals surface area (Å²) in [4.78, 5) is 24.3. The molecular weight excluding hydrogens is 257 g/mol. The minimum atomic E-state index is -0.737. The Labute approximate surface area is 109 Å². The number of amides is 1. The molecule has 6 heteroatoms.